The molecule has 3 rings (SSSR count). The number of hydrogen-bond donors (Lipinski definition) is 1. The smallest absolute Gasteiger partial charge is 0.231 e. The summed E-state index contributed by atoms with van der Waals surface area (Å²) in [7, 11) is 0. The number of thiazole rings is 1. The molecule has 3 heterocycles. The monoisotopic (exact) mass is 236 g/mol. The first-order chi connectivity index (χ1) is 7.93. The Bertz CT molecular complexity index is 447. The maximum absolute atomic E-state index is 5.31. The van der Waals surface area contributed by atoms with Crippen molar-refractivity contribution in [1.29, 1.82) is 0 Å². The lowest BCUT2D eigenvalue weighted by Crippen LogP contribution is -2.28. The Morgan fingerprint density at radius 3 is 3.25 bits per heavy atom. The van der Waals surface area contributed by atoms with Crippen molar-refractivity contribution in [3.63, 3.8) is 0 Å². The molecule has 1 atom stereocenters. The molecular formula is C10H12N4OS. The van der Waals surface area contributed by atoms with Crippen molar-refractivity contribution in [3.8, 4) is 10.7 Å². The van der Waals surface area contributed by atoms with Gasteiger partial charge in [-0.05, 0) is 19.4 Å². The van der Waals surface area contributed by atoms with Gasteiger partial charge in [-0.15, -0.1) is 11.3 Å². The van der Waals surface area contributed by atoms with E-state index in [1.807, 2.05) is 0 Å². The topological polar surface area (TPSA) is 63.8 Å². The number of aromatic nitrogens is 3. The molecule has 2 aromatic heterocycles. The molecular weight excluding hydrogens is 224 g/mol. The fourth-order valence-electron chi connectivity index (χ4n) is 1.89. The van der Waals surface area contributed by atoms with Crippen LogP contribution in [0.5, 0.6) is 0 Å². The van der Waals surface area contributed by atoms with E-state index in [1.54, 1.807) is 11.7 Å². The Kier molecular flexibility index (Phi) is 2.67. The highest BCUT2D eigenvalue weighted by atomic mass is 32.1. The molecule has 0 radical (unpaired) electrons. The van der Waals surface area contributed by atoms with Crippen LogP contribution in [0, 0.1) is 0 Å². The van der Waals surface area contributed by atoms with Crippen molar-refractivity contribution in [2.24, 2.45) is 0 Å². The first-order valence-corrected chi connectivity index (χ1v) is 6.24. The van der Waals surface area contributed by atoms with Gasteiger partial charge in [0.15, 0.2) is 0 Å². The van der Waals surface area contributed by atoms with Gasteiger partial charge in [0.25, 0.3) is 0 Å². The number of nitrogens with zero attached hydrogens (tertiary/aromatic N) is 3. The molecule has 0 aliphatic carbocycles. The molecule has 0 spiro atoms. The summed E-state index contributed by atoms with van der Waals surface area (Å²) in [6.07, 6.45) is 4.05. The molecule has 0 bridgehead atoms. The highest BCUT2D eigenvalue weighted by Crippen LogP contribution is 2.25. The molecule has 1 aliphatic heterocycles. The summed E-state index contributed by atoms with van der Waals surface area (Å²) in [6, 6.07) is 0. The van der Waals surface area contributed by atoms with Crippen LogP contribution in [0.4, 0.5) is 0 Å². The van der Waals surface area contributed by atoms with Gasteiger partial charge in [0.05, 0.1) is 16.3 Å². The molecule has 1 aliphatic rings. The average Bonchev–Trinajstić information content (AvgIpc) is 3.01. The lowest BCUT2D eigenvalue weighted by Gasteiger charge is -2.18. The van der Waals surface area contributed by atoms with Crippen molar-refractivity contribution < 1.29 is 4.52 Å². The lowest BCUT2D eigenvalue weighted by molar-refractivity contribution is 0.322. The Morgan fingerprint density at radius 2 is 2.50 bits per heavy atom. The molecule has 1 fully saturated rings. The minimum absolute atomic E-state index is 0.364. The summed E-state index contributed by atoms with van der Waals surface area (Å²) in [5.41, 5.74) is 1.77. The van der Waals surface area contributed by atoms with E-state index in [2.05, 4.69) is 20.4 Å². The van der Waals surface area contributed by atoms with Crippen molar-refractivity contribution in [1.82, 2.24) is 20.4 Å². The minimum atomic E-state index is 0.364. The van der Waals surface area contributed by atoms with Gasteiger partial charge in [-0.3, -0.25) is 4.98 Å². The van der Waals surface area contributed by atoms with Crippen LogP contribution < -0.4 is 5.32 Å². The molecule has 16 heavy (non-hydrogen) atoms. The molecule has 5 nitrogen and oxygen atoms in total. The van der Waals surface area contributed by atoms with Crippen LogP contribution in [0.15, 0.2) is 16.2 Å². The van der Waals surface area contributed by atoms with E-state index in [-0.39, 0.29) is 0 Å². The van der Waals surface area contributed by atoms with Crippen LogP contribution >= 0.6 is 11.3 Å². The zero-order valence-corrected chi connectivity index (χ0v) is 9.54. The van der Waals surface area contributed by atoms with E-state index in [9.17, 15) is 0 Å². The highest BCUT2D eigenvalue weighted by molar-refractivity contribution is 7.13. The number of nitrogens with one attached hydrogen (secondary N) is 1. The second-order valence-electron chi connectivity index (χ2n) is 3.87. The summed E-state index contributed by atoms with van der Waals surface area (Å²) in [6.45, 7) is 2.02. The van der Waals surface area contributed by atoms with Gasteiger partial charge in [0.2, 0.25) is 11.7 Å². The number of piperidine rings is 1. The van der Waals surface area contributed by atoms with Crippen LogP contribution in [-0.2, 0) is 0 Å². The standard InChI is InChI=1S/C10H12N4OS/c1-2-7(4-11-3-1)10-13-9(14-15-10)8-5-12-6-16-8/h5-7,11H,1-4H2/t7-/m0/s1. The quantitative estimate of drug-likeness (QED) is 0.859. The lowest BCUT2D eigenvalue weighted by atomic mass is 10.00. The molecule has 6 heteroatoms. The predicted octanol–water partition coefficient (Wildman–Crippen LogP) is 1.66. The van der Waals surface area contributed by atoms with Gasteiger partial charge in [-0.2, -0.15) is 4.98 Å². The Labute approximate surface area is 96.9 Å². The zero-order valence-electron chi connectivity index (χ0n) is 8.72. The van der Waals surface area contributed by atoms with Gasteiger partial charge in [0.1, 0.15) is 0 Å². The molecule has 0 unspecified atom stereocenters. The largest absolute Gasteiger partial charge is 0.339 e. The first kappa shape index (κ1) is 9.92. The Hall–Kier alpha value is -1.27. The Morgan fingerprint density at radius 1 is 1.50 bits per heavy atom. The van der Waals surface area contributed by atoms with Crippen LogP contribution in [0.1, 0.15) is 24.7 Å². The third-order valence-electron chi connectivity index (χ3n) is 2.74. The summed E-state index contributed by atoms with van der Waals surface area (Å²) in [5.74, 6) is 1.77. The summed E-state index contributed by atoms with van der Waals surface area (Å²) >= 11 is 1.52. The van der Waals surface area contributed by atoms with Crippen molar-refractivity contribution >= 4 is 11.3 Å². The van der Waals surface area contributed by atoms with Gasteiger partial charge in [-0.1, -0.05) is 5.16 Å². The van der Waals surface area contributed by atoms with Gasteiger partial charge < -0.3 is 9.84 Å². The first-order valence-electron chi connectivity index (χ1n) is 5.36. The maximum Gasteiger partial charge on any atom is 0.231 e. The third-order valence-corrected chi connectivity index (χ3v) is 3.51. The van der Waals surface area contributed by atoms with Crippen LogP contribution in [0.3, 0.4) is 0 Å². The second-order valence-corrected chi connectivity index (χ2v) is 4.75. The third kappa shape index (κ3) is 1.85. The van der Waals surface area contributed by atoms with Crippen molar-refractivity contribution in [2.45, 2.75) is 18.8 Å². The molecule has 1 N–H and O–H groups in total. The normalized spacial score (nSPS) is 21.1. The molecule has 0 saturated carbocycles. The predicted molar refractivity (Wildman–Crippen MR) is 60.3 cm³/mol. The Balaban J connectivity index is 1.82. The number of hydrogen-bond acceptors (Lipinski definition) is 6. The molecule has 1 saturated heterocycles. The number of rotatable bonds is 2. The zero-order chi connectivity index (χ0) is 10.8. The fraction of sp³-hybridized carbons (Fsp3) is 0.500. The van der Waals surface area contributed by atoms with E-state index in [0.717, 1.165) is 30.3 Å². The van der Waals surface area contributed by atoms with Crippen molar-refractivity contribution in [3.05, 3.63) is 17.6 Å². The van der Waals surface area contributed by atoms with Crippen molar-refractivity contribution in [2.75, 3.05) is 13.1 Å². The second kappa shape index (κ2) is 4.31. The maximum atomic E-state index is 5.31. The molecule has 2 aromatic rings. The van der Waals surface area contributed by atoms with E-state index < -0.39 is 0 Å². The minimum Gasteiger partial charge on any atom is -0.339 e. The SMILES string of the molecule is c1ncc(-c2noc([C@H]3CCCNC3)n2)s1. The van der Waals surface area contributed by atoms with Gasteiger partial charge in [-0.25, -0.2) is 0 Å². The molecule has 0 amide bonds. The average molecular weight is 236 g/mol. The van der Waals surface area contributed by atoms with E-state index >= 15 is 0 Å². The molecule has 0 aromatic carbocycles. The van der Waals surface area contributed by atoms with Gasteiger partial charge >= 0.3 is 0 Å². The highest BCUT2D eigenvalue weighted by Gasteiger charge is 2.21. The van der Waals surface area contributed by atoms with Crippen LogP contribution in [0.2, 0.25) is 0 Å². The summed E-state index contributed by atoms with van der Waals surface area (Å²) in [5, 5.41) is 7.33. The van der Waals surface area contributed by atoms with Crippen LogP contribution in [-0.4, -0.2) is 28.2 Å². The van der Waals surface area contributed by atoms with E-state index in [0.29, 0.717) is 11.7 Å². The van der Waals surface area contributed by atoms with E-state index in [1.165, 1.54) is 17.8 Å². The fourth-order valence-corrected chi connectivity index (χ4v) is 2.44. The van der Waals surface area contributed by atoms with Crippen LogP contribution in [0.25, 0.3) is 10.7 Å². The van der Waals surface area contributed by atoms with Gasteiger partial charge in [0, 0.05) is 12.7 Å². The summed E-state index contributed by atoms with van der Waals surface area (Å²) < 4.78 is 5.31. The summed E-state index contributed by atoms with van der Waals surface area (Å²) in [4.78, 5) is 9.39. The molecule has 84 valence electrons. The van der Waals surface area contributed by atoms with E-state index in [4.69, 9.17) is 4.52 Å².